The zero-order valence-corrected chi connectivity index (χ0v) is 21.0. The van der Waals surface area contributed by atoms with Crippen molar-refractivity contribution in [3.8, 4) is 5.69 Å². The third-order valence-electron chi connectivity index (χ3n) is 6.78. The summed E-state index contributed by atoms with van der Waals surface area (Å²) in [6, 6.07) is 23.6. The highest BCUT2D eigenvalue weighted by Crippen LogP contribution is 2.41. The number of nitrogens with zero attached hydrogens (tertiary/aromatic N) is 4. The van der Waals surface area contributed by atoms with E-state index in [1.807, 2.05) is 18.3 Å². The van der Waals surface area contributed by atoms with Gasteiger partial charge in [-0.3, -0.25) is 4.98 Å². The molecule has 34 heavy (non-hydrogen) atoms. The molecule has 4 aromatic rings. The van der Waals surface area contributed by atoms with Gasteiger partial charge in [0, 0.05) is 36.1 Å². The van der Waals surface area contributed by atoms with Gasteiger partial charge in [0.25, 0.3) is 0 Å². The molecule has 0 aliphatic carbocycles. The van der Waals surface area contributed by atoms with Gasteiger partial charge in [0.05, 0.1) is 23.5 Å². The van der Waals surface area contributed by atoms with E-state index in [0.29, 0.717) is 0 Å². The highest BCUT2D eigenvalue weighted by atomic mass is 32.1. The van der Waals surface area contributed by atoms with Crippen molar-refractivity contribution in [1.29, 1.82) is 0 Å². The van der Waals surface area contributed by atoms with Gasteiger partial charge >= 0.3 is 0 Å². The Morgan fingerprint density at radius 1 is 1.00 bits per heavy atom. The van der Waals surface area contributed by atoms with Crippen LogP contribution in [0.3, 0.4) is 0 Å². The zero-order valence-electron chi connectivity index (χ0n) is 20.2. The van der Waals surface area contributed by atoms with Gasteiger partial charge in [0.1, 0.15) is 0 Å². The van der Waals surface area contributed by atoms with E-state index in [9.17, 15) is 0 Å². The minimum atomic E-state index is -0.00247. The van der Waals surface area contributed by atoms with E-state index in [0.717, 1.165) is 23.9 Å². The third kappa shape index (κ3) is 3.97. The Hall–Kier alpha value is -3.22. The molecule has 1 fully saturated rings. The standard InChI is InChI=1S/C28H31N5S/c1-19-18-23(20(2)33(19)25-14-9-11-21-10-5-6-12-22(21)25)27-26(24-13-7-8-15-29-24)30-28(34)32(27)17-16-31(3)4/h5-15,18,26-27H,16-17H2,1-4H3,(H,30,34)/t26-,27+/m0/s1. The van der Waals surface area contributed by atoms with Gasteiger partial charge in [-0.1, -0.05) is 42.5 Å². The Balaban J connectivity index is 1.64. The first-order valence-electron chi connectivity index (χ1n) is 11.8. The van der Waals surface area contributed by atoms with Crippen LogP contribution >= 0.6 is 12.2 Å². The lowest BCUT2D eigenvalue weighted by molar-refractivity contribution is 0.277. The number of likely N-dealkylation sites (N-methyl/N-ethyl adjacent to an activating group) is 1. The van der Waals surface area contributed by atoms with Gasteiger partial charge in [0.15, 0.2) is 5.11 Å². The average molecular weight is 470 g/mol. The van der Waals surface area contributed by atoms with Crippen LogP contribution in [0.5, 0.6) is 0 Å². The molecule has 2 aromatic heterocycles. The van der Waals surface area contributed by atoms with E-state index in [4.69, 9.17) is 17.2 Å². The lowest BCUT2D eigenvalue weighted by atomic mass is 9.96. The summed E-state index contributed by atoms with van der Waals surface area (Å²) < 4.78 is 2.39. The first kappa shape index (κ1) is 22.6. The first-order chi connectivity index (χ1) is 16.5. The van der Waals surface area contributed by atoms with E-state index < -0.39 is 0 Å². The summed E-state index contributed by atoms with van der Waals surface area (Å²) in [5.74, 6) is 0. The molecular formula is C28H31N5S. The normalized spacial score (nSPS) is 18.1. The molecule has 2 aromatic carbocycles. The second-order valence-electron chi connectivity index (χ2n) is 9.28. The minimum absolute atomic E-state index is 0.00247. The molecule has 5 nitrogen and oxygen atoms in total. The number of hydrogen-bond acceptors (Lipinski definition) is 3. The Morgan fingerprint density at radius 2 is 1.76 bits per heavy atom. The second kappa shape index (κ2) is 9.20. The topological polar surface area (TPSA) is 36.3 Å². The number of fused-ring (bicyclic) bond motifs is 1. The molecule has 5 rings (SSSR count). The van der Waals surface area contributed by atoms with Crippen molar-refractivity contribution in [3.05, 3.63) is 95.6 Å². The van der Waals surface area contributed by atoms with Gasteiger partial charge in [-0.25, -0.2) is 0 Å². The lowest BCUT2D eigenvalue weighted by Gasteiger charge is -2.29. The monoisotopic (exact) mass is 469 g/mol. The van der Waals surface area contributed by atoms with E-state index in [1.54, 1.807) is 0 Å². The lowest BCUT2D eigenvalue weighted by Crippen LogP contribution is -2.35. The molecule has 6 heteroatoms. The Morgan fingerprint density at radius 3 is 2.53 bits per heavy atom. The first-order valence-corrected chi connectivity index (χ1v) is 12.2. The van der Waals surface area contributed by atoms with Crippen molar-refractivity contribution in [1.82, 2.24) is 24.7 Å². The van der Waals surface area contributed by atoms with Crippen LogP contribution in [0.1, 0.15) is 34.7 Å². The van der Waals surface area contributed by atoms with Crippen LogP contribution in [0.25, 0.3) is 16.5 Å². The number of rotatable bonds is 6. The van der Waals surface area contributed by atoms with Crippen LogP contribution in [0.2, 0.25) is 0 Å². The van der Waals surface area contributed by atoms with Crippen molar-refractivity contribution < 1.29 is 0 Å². The average Bonchev–Trinajstić information content (AvgIpc) is 3.32. The van der Waals surface area contributed by atoms with Crippen LogP contribution in [-0.4, -0.2) is 51.6 Å². The Bertz CT molecular complexity index is 1320. The highest BCUT2D eigenvalue weighted by molar-refractivity contribution is 7.80. The number of hydrogen-bond donors (Lipinski definition) is 1. The predicted molar refractivity (Wildman–Crippen MR) is 143 cm³/mol. The number of benzene rings is 2. The van der Waals surface area contributed by atoms with Crippen molar-refractivity contribution in [2.75, 3.05) is 27.2 Å². The summed E-state index contributed by atoms with van der Waals surface area (Å²) >= 11 is 5.85. The van der Waals surface area contributed by atoms with Crippen molar-refractivity contribution in [3.63, 3.8) is 0 Å². The number of pyridine rings is 1. The molecule has 1 aliphatic heterocycles. The molecular weight excluding hydrogens is 438 g/mol. The number of thiocarbonyl (C=S) groups is 1. The van der Waals surface area contributed by atoms with E-state index >= 15 is 0 Å². The molecule has 0 unspecified atom stereocenters. The third-order valence-corrected chi connectivity index (χ3v) is 7.13. The van der Waals surface area contributed by atoms with Crippen LogP contribution < -0.4 is 5.32 Å². The van der Waals surface area contributed by atoms with E-state index in [-0.39, 0.29) is 12.1 Å². The minimum Gasteiger partial charge on any atom is -0.352 e. The predicted octanol–water partition coefficient (Wildman–Crippen LogP) is 5.18. The maximum atomic E-state index is 5.85. The second-order valence-corrected chi connectivity index (χ2v) is 9.67. The van der Waals surface area contributed by atoms with Crippen molar-refractivity contribution in [2.45, 2.75) is 25.9 Å². The van der Waals surface area contributed by atoms with E-state index in [2.05, 4.69) is 102 Å². The molecule has 1 N–H and O–H groups in total. The fraction of sp³-hybridized carbons (Fsp3) is 0.286. The van der Waals surface area contributed by atoms with Gasteiger partial charge in [-0.2, -0.15) is 0 Å². The quantitative estimate of drug-likeness (QED) is 0.394. The van der Waals surface area contributed by atoms with Crippen molar-refractivity contribution in [2.24, 2.45) is 0 Å². The van der Waals surface area contributed by atoms with Crippen molar-refractivity contribution >= 4 is 28.1 Å². The Labute approximate surface area is 207 Å². The molecule has 174 valence electrons. The van der Waals surface area contributed by atoms with Crippen LogP contribution in [0.15, 0.2) is 72.9 Å². The van der Waals surface area contributed by atoms with Gasteiger partial charge in [-0.15, -0.1) is 0 Å². The zero-order chi connectivity index (χ0) is 23.8. The fourth-order valence-electron chi connectivity index (χ4n) is 5.15. The summed E-state index contributed by atoms with van der Waals surface area (Å²) in [5, 5.41) is 6.88. The number of nitrogens with one attached hydrogen (secondary N) is 1. The van der Waals surface area contributed by atoms with E-state index in [1.165, 1.54) is 33.4 Å². The smallest absolute Gasteiger partial charge is 0.170 e. The molecule has 2 atom stereocenters. The summed E-state index contributed by atoms with van der Waals surface area (Å²) in [7, 11) is 4.20. The maximum absolute atomic E-state index is 5.85. The fourth-order valence-corrected chi connectivity index (χ4v) is 5.49. The van der Waals surface area contributed by atoms with Crippen LogP contribution in [0, 0.1) is 13.8 Å². The number of aromatic nitrogens is 2. The number of aryl methyl sites for hydroxylation is 1. The Kier molecular flexibility index (Phi) is 6.11. The van der Waals surface area contributed by atoms with Gasteiger partial charge in [0.2, 0.25) is 0 Å². The highest BCUT2D eigenvalue weighted by Gasteiger charge is 2.41. The van der Waals surface area contributed by atoms with Crippen LogP contribution in [0.4, 0.5) is 0 Å². The molecule has 0 amide bonds. The summed E-state index contributed by atoms with van der Waals surface area (Å²) in [4.78, 5) is 9.23. The molecule has 0 radical (unpaired) electrons. The molecule has 0 bridgehead atoms. The van der Waals surface area contributed by atoms with Crippen LogP contribution in [-0.2, 0) is 0 Å². The summed E-state index contributed by atoms with van der Waals surface area (Å²) in [6.45, 7) is 6.20. The molecule has 3 heterocycles. The summed E-state index contributed by atoms with van der Waals surface area (Å²) in [6.07, 6.45) is 1.86. The largest absolute Gasteiger partial charge is 0.352 e. The molecule has 0 spiro atoms. The summed E-state index contributed by atoms with van der Waals surface area (Å²) in [5.41, 5.74) is 5.96. The molecule has 1 aliphatic rings. The van der Waals surface area contributed by atoms with Gasteiger partial charge < -0.3 is 19.7 Å². The maximum Gasteiger partial charge on any atom is 0.170 e. The SMILES string of the molecule is Cc1cc([C@@H]2[C@H](c3ccccn3)NC(=S)N2CCN(C)C)c(C)n1-c1cccc2ccccc12. The molecule has 0 saturated carbocycles. The molecule has 1 saturated heterocycles. The van der Waals surface area contributed by atoms with Gasteiger partial charge in [-0.05, 0) is 75.4 Å².